The molecule has 1 unspecified atom stereocenters. The van der Waals surface area contributed by atoms with E-state index in [1.54, 1.807) is 6.92 Å². The average molecular weight is 225 g/mol. The van der Waals surface area contributed by atoms with Gasteiger partial charge in [-0.15, -0.1) is 12.4 Å². The highest BCUT2D eigenvalue weighted by molar-refractivity contribution is 5.85. The van der Waals surface area contributed by atoms with E-state index >= 15 is 0 Å². The number of hydrogen-bond acceptors (Lipinski definition) is 4. The van der Waals surface area contributed by atoms with Crippen molar-refractivity contribution in [3.05, 3.63) is 0 Å². The molecule has 0 aromatic carbocycles. The Kier molecular flexibility index (Phi) is 6.03. The fourth-order valence-electron chi connectivity index (χ4n) is 1.23. The molecule has 1 aliphatic rings. The third-order valence-corrected chi connectivity index (χ3v) is 2.04. The van der Waals surface area contributed by atoms with Gasteiger partial charge in [-0.05, 0) is 6.92 Å². The zero-order valence-electron chi connectivity index (χ0n) is 8.21. The summed E-state index contributed by atoms with van der Waals surface area (Å²) >= 11 is 0. The molecule has 0 aliphatic carbocycles. The van der Waals surface area contributed by atoms with Crippen LogP contribution in [0.5, 0.6) is 0 Å². The highest BCUT2D eigenvalue weighted by Gasteiger charge is 2.35. The molecule has 0 aromatic rings. The van der Waals surface area contributed by atoms with Gasteiger partial charge in [-0.25, -0.2) is 0 Å². The standard InChI is InChI=1S/C8H16N2O3.ClH/c1-8(6-9-3-5-13-8)7(12)10-2-4-11;/h9,11H,2-6H2,1H3,(H,10,12);1H. The van der Waals surface area contributed by atoms with E-state index in [0.717, 1.165) is 6.54 Å². The minimum atomic E-state index is -0.784. The minimum absolute atomic E-state index is 0. The molecule has 1 fully saturated rings. The topological polar surface area (TPSA) is 70.6 Å². The first-order valence-corrected chi connectivity index (χ1v) is 4.43. The van der Waals surface area contributed by atoms with E-state index in [-0.39, 0.29) is 31.5 Å². The summed E-state index contributed by atoms with van der Waals surface area (Å²) < 4.78 is 5.37. The van der Waals surface area contributed by atoms with Crippen molar-refractivity contribution in [2.75, 3.05) is 32.8 Å². The predicted octanol–water partition coefficient (Wildman–Crippen LogP) is -1.10. The molecule has 1 heterocycles. The zero-order chi connectivity index (χ0) is 9.73. The predicted molar refractivity (Wildman–Crippen MR) is 54.6 cm³/mol. The number of carbonyl (C=O) groups excluding carboxylic acids is 1. The van der Waals surface area contributed by atoms with Crippen LogP contribution in [0.3, 0.4) is 0 Å². The van der Waals surface area contributed by atoms with Gasteiger partial charge >= 0.3 is 0 Å². The second-order valence-corrected chi connectivity index (χ2v) is 3.24. The van der Waals surface area contributed by atoms with Gasteiger partial charge in [0.1, 0.15) is 0 Å². The second kappa shape index (κ2) is 6.19. The molecule has 0 aromatic heterocycles. The van der Waals surface area contributed by atoms with E-state index in [1.165, 1.54) is 0 Å². The number of amides is 1. The monoisotopic (exact) mass is 224 g/mol. The van der Waals surface area contributed by atoms with Crippen molar-refractivity contribution in [3.63, 3.8) is 0 Å². The van der Waals surface area contributed by atoms with Crippen molar-refractivity contribution in [2.24, 2.45) is 0 Å². The molecule has 1 rings (SSSR count). The molecule has 3 N–H and O–H groups in total. The summed E-state index contributed by atoms with van der Waals surface area (Å²) in [5, 5.41) is 14.2. The number of aliphatic hydroxyl groups excluding tert-OH is 1. The summed E-state index contributed by atoms with van der Waals surface area (Å²) in [5.41, 5.74) is -0.784. The Morgan fingerprint density at radius 1 is 1.71 bits per heavy atom. The van der Waals surface area contributed by atoms with Crippen LogP contribution in [0.25, 0.3) is 0 Å². The van der Waals surface area contributed by atoms with Gasteiger partial charge in [-0.2, -0.15) is 0 Å². The molecule has 1 saturated heterocycles. The number of carbonyl (C=O) groups is 1. The van der Waals surface area contributed by atoms with Gasteiger partial charge in [0.05, 0.1) is 13.2 Å². The Morgan fingerprint density at radius 3 is 2.93 bits per heavy atom. The molecule has 5 nitrogen and oxygen atoms in total. The van der Waals surface area contributed by atoms with Crippen molar-refractivity contribution in [1.29, 1.82) is 0 Å². The number of halogens is 1. The van der Waals surface area contributed by atoms with Gasteiger partial charge in [0.2, 0.25) is 0 Å². The quantitative estimate of drug-likeness (QED) is 0.569. The van der Waals surface area contributed by atoms with Crippen molar-refractivity contribution >= 4 is 18.3 Å². The summed E-state index contributed by atoms with van der Waals surface area (Å²) in [6.45, 7) is 3.81. The number of morpholine rings is 1. The Balaban J connectivity index is 0.00000169. The molecule has 0 bridgehead atoms. The Hall–Kier alpha value is -0.360. The summed E-state index contributed by atoms with van der Waals surface area (Å²) in [7, 11) is 0. The molecule has 0 saturated carbocycles. The fourth-order valence-corrected chi connectivity index (χ4v) is 1.23. The summed E-state index contributed by atoms with van der Waals surface area (Å²) in [6.07, 6.45) is 0. The van der Waals surface area contributed by atoms with Crippen LogP contribution in [0, 0.1) is 0 Å². The maximum absolute atomic E-state index is 11.5. The van der Waals surface area contributed by atoms with Crippen LogP contribution < -0.4 is 10.6 Å². The minimum Gasteiger partial charge on any atom is -0.395 e. The number of aliphatic hydroxyl groups is 1. The molecule has 0 radical (unpaired) electrons. The van der Waals surface area contributed by atoms with Crippen molar-refractivity contribution in [2.45, 2.75) is 12.5 Å². The molecule has 1 atom stereocenters. The maximum Gasteiger partial charge on any atom is 0.253 e. The second-order valence-electron chi connectivity index (χ2n) is 3.24. The number of rotatable bonds is 3. The van der Waals surface area contributed by atoms with Crippen LogP contribution in [0.15, 0.2) is 0 Å². The lowest BCUT2D eigenvalue weighted by Crippen LogP contribution is -2.57. The molecule has 1 aliphatic heterocycles. The van der Waals surface area contributed by atoms with E-state index in [1.807, 2.05) is 0 Å². The maximum atomic E-state index is 11.5. The smallest absolute Gasteiger partial charge is 0.253 e. The average Bonchev–Trinajstić information content (AvgIpc) is 2.15. The molecular formula is C8H17ClN2O3. The van der Waals surface area contributed by atoms with Crippen LogP contribution in [0.4, 0.5) is 0 Å². The molecule has 1 amide bonds. The SMILES string of the molecule is CC1(C(=O)NCCO)CNCCO1.Cl. The first kappa shape index (κ1) is 13.6. The lowest BCUT2D eigenvalue weighted by Gasteiger charge is -2.32. The van der Waals surface area contributed by atoms with E-state index in [2.05, 4.69) is 10.6 Å². The van der Waals surface area contributed by atoms with Gasteiger partial charge in [0, 0.05) is 19.6 Å². The van der Waals surface area contributed by atoms with E-state index in [0.29, 0.717) is 13.2 Å². The highest BCUT2D eigenvalue weighted by Crippen LogP contribution is 2.11. The van der Waals surface area contributed by atoms with Crippen LogP contribution >= 0.6 is 12.4 Å². The van der Waals surface area contributed by atoms with Crippen LogP contribution in [-0.2, 0) is 9.53 Å². The Labute approximate surface area is 89.6 Å². The summed E-state index contributed by atoms with van der Waals surface area (Å²) in [5.74, 6) is -0.172. The number of nitrogens with one attached hydrogen (secondary N) is 2. The van der Waals surface area contributed by atoms with Crippen LogP contribution in [0.2, 0.25) is 0 Å². The third kappa shape index (κ3) is 3.42. The van der Waals surface area contributed by atoms with Crippen molar-refractivity contribution in [3.8, 4) is 0 Å². The molecular weight excluding hydrogens is 208 g/mol. The number of ether oxygens (including phenoxy) is 1. The van der Waals surface area contributed by atoms with Gasteiger partial charge in [-0.3, -0.25) is 4.79 Å². The van der Waals surface area contributed by atoms with Crippen LogP contribution in [0.1, 0.15) is 6.92 Å². The highest BCUT2D eigenvalue weighted by atomic mass is 35.5. The Bertz CT molecular complexity index is 183. The molecule has 14 heavy (non-hydrogen) atoms. The lowest BCUT2D eigenvalue weighted by molar-refractivity contribution is -0.147. The van der Waals surface area contributed by atoms with Gasteiger partial charge in [-0.1, -0.05) is 0 Å². The van der Waals surface area contributed by atoms with Crippen molar-refractivity contribution < 1.29 is 14.6 Å². The van der Waals surface area contributed by atoms with E-state index < -0.39 is 5.60 Å². The van der Waals surface area contributed by atoms with E-state index in [9.17, 15) is 4.79 Å². The van der Waals surface area contributed by atoms with Gasteiger partial charge in [0.25, 0.3) is 5.91 Å². The third-order valence-electron chi connectivity index (χ3n) is 2.04. The fraction of sp³-hybridized carbons (Fsp3) is 0.875. The first-order chi connectivity index (χ1) is 6.19. The normalized spacial score (nSPS) is 26.4. The number of hydrogen-bond donors (Lipinski definition) is 3. The molecule has 84 valence electrons. The summed E-state index contributed by atoms with van der Waals surface area (Å²) in [4.78, 5) is 11.5. The Morgan fingerprint density at radius 2 is 2.43 bits per heavy atom. The summed E-state index contributed by atoms with van der Waals surface area (Å²) in [6, 6.07) is 0. The van der Waals surface area contributed by atoms with Gasteiger partial charge < -0.3 is 20.5 Å². The van der Waals surface area contributed by atoms with Crippen LogP contribution in [-0.4, -0.2) is 49.5 Å². The van der Waals surface area contributed by atoms with E-state index in [4.69, 9.17) is 9.84 Å². The first-order valence-electron chi connectivity index (χ1n) is 4.43. The molecule has 6 heteroatoms. The van der Waals surface area contributed by atoms with Gasteiger partial charge in [0.15, 0.2) is 5.60 Å². The molecule has 0 spiro atoms. The van der Waals surface area contributed by atoms with Crippen molar-refractivity contribution in [1.82, 2.24) is 10.6 Å². The lowest BCUT2D eigenvalue weighted by atomic mass is 10.0. The largest absolute Gasteiger partial charge is 0.395 e. The zero-order valence-corrected chi connectivity index (χ0v) is 9.02.